The minimum Gasteiger partial charge on any atom is -0.271 e. The van der Waals surface area contributed by atoms with Crippen LogP contribution in [0.2, 0.25) is 0 Å². The molecule has 1 amide bonds. The quantitative estimate of drug-likeness (QED) is 0.590. The van der Waals surface area contributed by atoms with Crippen LogP contribution in [0.5, 0.6) is 0 Å². The van der Waals surface area contributed by atoms with Crippen molar-refractivity contribution in [1.29, 1.82) is 0 Å². The van der Waals surface area contributed by atoms with Gasteiger partial charge >= 0.3 is 0 Å². The zero-order valence-electron chi connectivity index (χ0n) is 12.1. The van der Waals surface area contributed by atoms with Crippen molar-refractivity contribution in [2.75, 3.05) is 0 Å². The van der Waals surface area contributed by atoms with Crippen LogP contribution < -0.4 is 5.43 Å². The number of amides is 1. The molecule has 1 N–H and O–H groups in total. The molecule has 0 bridgehead atoms. The average Bonchev–Trinajstić information content (AvgIpc) is 2.92. The maximum absolute atomic E-state index is 11.9. The summed E-state index contributed by atoms with van der Waals surface area (Å²) in [5.41, 5.74) is 6.15. The number of nitrogens with zero attached hydrogens (tertiary/aromatic N) is 4. The van der Waals surface area contributed by atoms with Gasteiger partial charge in [-0.25, -0.2) is 10.1 Å². The molecule has 110 valence electrons. The molecule has 0 aliphatic rings. The van der Waals surface area contributed by atoms with E-state index >= 15 is 0 Å². The largest absolute Gasteiger partial charge is 0.271 e. The smallest absolute Gasteiger partial charge is 0.261 e. The minimum atomic E-state index is -0.250. The van der Waals surface area contributed by atoms with Gasteiger partial charge in [0.15, 0.2) is 0 Å². The third-order valence-electron chi connectivity index (χ3n) is 3.29. The second kappa shape index (κ2) is 6.17. The van der Waals surface area contributed by atoms with Gasteiger partial charge in [0.05, 0.1) is 11.7 Å². The first kappa shape index (κ1) is 13.9. The lowest BCUT2D eigenvalue weighted by Gasteiger charge is -2.01. The van der Waals surface area contributed by atoms with E-state index in [1.165, 1.54) is 0 Å². The summed E-state index contributed by atoms with van der Waals surface area (Å²) in [6.45, 7) is 2.07. The topological polar surface area (TPSA) is 72.2 Å². The molecule has 1 aromatic heterocycles. The Morgan fingerprint density at radius 1 is 1.23 bits per heavy atom. The molecule has 0 aliphatic carbocycles. The van der Waals surface area contributed by atoms with E-state index in [0.29, 0.717) is 0 Å². The van der Waals surface area contributed by atoms with Crippen molar-refractivity contribution in [3.05, 3.63) is 59.7 Å². The van der Waals surface area contributed by atoms with Gasteiger partial charge < -0.3 is 0 Å². The van der Waals surface area contributed by atoms with Crippen LogP contribution in [0, 0.1) is 6.92 Å². The number of aromatic nitrogens is 3. The lowest BCUT2D eigenvalue weighted by atomic mass is 10.1. The number of carbonyl (C=O) groups excluding carboxylic acids is 1. The van der Waals surface area contributed by atoms with E-state index in [4.69, 9.17) is 0 Å². The van der Waals surface area contributed by atoms with Crippen LogP contribution in [0.25, 0.3) is 11.0 Å². The second-order valence-corrected chi connectivity index (χ2v) is 4.89. The van der Waals surface area contributed by atoms with Crippen LogP contribution in [0.1, 0.15) is 11.1 Å². The Bertz CT molecular complexity index is 837. The van der Waals surface area contributed by atoms with Crippen LogP contribution in [0.4, 0.5) is 0 Å². The highest BCUT2D eigenvalue weighted by Gasteiger charge is 2.07. The van der Waals surface area contributed by atoms with Crippen LogP contribution in [-0.2, 0) is 11.3 Å². The number of para-hydroxylation sites is 1. The van der Waals surface area contributed by atoms with Crippen molar-refractivity contribution in [3.63, 3.8) is 0 Å². The summed E-state index contributed by atoms with van der Waals surface area (Å²) in [4.78, 5) is 11.9. The predicted molar refractivity (Wildman–Crippen MR) is 84.4 cm³/mol. The fourth-order valence-electron chi connectivity index (χ4n) is 2.11. The first-order chi connectivity index (χ1) is 10.7. The van der Waals surface area contributed by atoms with Crippen LogP contribution in [0.3, 0.4) is 0 Å². The molecule has 0 saturated carbocycles. The van der Waals surface area contributed by atoms with Crippen LogP contribution >= 0.6 is 0 Å². The number of aryl methyl sites for hydroxylation is 1. The number of hydrogen-bond acceptors (Lipinski definition) is 4. The molecule has 3 rings (SSSR count). The molecular formula is C16H15N5O. The lowest BCUT2D eigenvalue weighted by Crippen LogP contribution is -2.23. The fourth-order valence-corrected chi connectivity index (χ4v) is 2.11. The predicted octanol–water partition coefficient (Wildman–Crippen LogP) is 1.89. The Morgan fingerprint density at radius 2 is 2.00 bits per heavy atom. The summed E-state index contributed by atoms with van der Waals surface area (Å²) in [7, 11) is 0. The van der Waals surface area contributed by atoms with Crippen LogP contribution in [-0.4, -0.2) is 27.1 Å². The van der Waals surface area contributed by atoms with Gasteiger partial charge in [0.1, 0.15) is 12.1 Å². The molecule has 22 heavy (non-hydrogen) atoms. The molecule has 3 aromatic rings. The van der Waals surface area contributed by atoms with Gasteiger partial charge in [0.2, 0.25) is 0 Å². The fraction of sp³-hybridized carbons (Fsp3) is 0.125. The number of fused-ring (bicyclic) bond motifs is 1. The Hall–Kier alpha value is -3.02. The summed E-state index contributed by atoms with van der Waals surface area (Å²) >= 11 is 0. The SMILES string of the molecule is Cc1ccccc1/C=N\NC(=O)Cn1nnc2ccccc21. The number of rotatable bonds is 4. The summed E-state index contributed by atoms with van der Waals surface area (Å²) < 4.78 is 1.55. The molecule has 6 heteroatoms. The van der Waals surface area contributed by atoms with Gasteiger partial charge in [-0.1, -0.05) is 41.6 Å². The van der Waals surface area contributed by atoms with Gasteiger partial charge in [0.25, 0.3) is 5.91 Å². The molecule has 0 radical (unpaired) electrons. The lowest BCUT2D eigenvalue weighted by molar-refractivity contribution is -0.121. The van der Waals surface area contributed by atoms with Gasteiger partial charge in [-0.15, -0.1) is 5.10 Å². The summed E-state index contributed by atoms with van der Waals surface area (Å²) in [6.07, 6.45) is 1.63. The highest BCUT2D eigenvalue weighted by Crippen LogP contribution is 2.09. The van der Waals surface area contributed by atoms with Crippen molar-refractivity contribution < 1.29 is 4.79 Å². The molecule has 0 fully saturated rings. The first-order valence-corrected chi connectivity index (χ1v) is 6.90. The average molecular weight is 293 g/mol. The molecule has 6 nitrogen and oxygen atoms in total. The number of hydrogen-bond donors (Lipinski definition) is 1. The standard InChI is InChI=1S/C16H15N5O/c1-12-6-2-3-7-13(12)10-17-19-16(22)11-21-15-9-5-4-8-14(15)18-20-21/h2-10H,11H2,1H3,(H,19,22)/b17-10-. The van der Waals surface area contributed by atoms with E-state index in [0.717, 1.165) is 22.2 Å². The van der Waals surface area contributed by atoms with E-state index in [9.17, 15) is 4.79 Å². The summed E-state index contributed by atoms with van der Waals surface area (Å²) in [5.74, 6) is -0.250. The third kappa shape index (κ3) is 3.01. The zero-order valence-corrected chi connectivity index (χ0v) is 12.1. The Balaban J connectivity index is 1.65. The second-order valence-electron chi connectivity index (χ2n) is 4.89. The molecule has 1 heterocycles. The Morgan fingerprint density at radius 3 is 2.86 bits per heavy atom. The Labute approximate surface area is 127 Å². The Kier molecular flexibility index (Phi) is 3.91. The van der Waals surface area contributed by atoms with E-state index < -0.39 is 0 Å². The van der Waals surface area contributed by atoms with Crippen molar-refractivity contribution in [2.24, 2.45) is 5.10 Å². The zero-order chi connectivity index (χ0) is 15.4. The van der Waals surface area contributed by atoms with E-state index in [1.54, 1.807) is 10.9 Å². The normalized spacial score (nSPS) is 11.1. The number of nitrogens with one attached hydrogen (secondary N) is 1. The maximum atomic E-state index is 11.9. The number of carbonyl (C=O) groups is 1. The molecule has 0 unspecified atom stereocenters. The van der Waals surface area contributed by atoms with Gasteiger partial charge in [-0.05, 0) is 30.2 Å². The molecule has 2 aromatic carbocycles. The highest BCUT2D eigenvalue weighted by molar-refractivity contribution is 5.84. The molecule has 0 aliphatic heterocycles. The van der Waals surface area contributed by atoms with Crippen LogP contribution in [0.15, 0.2) is 53.6 Å². The van der Waals surface area contributed by atoms with Crippen molar-refractivity contribution >= 4 is 23.2 Å². The number of hydrazone groups is 1. The third-order valence-corrected chi connectivity index (χ3v) is 3.29. The molecule has 0 atom stereocenters. The molecule has 0 saturated heterocycles. The van der Waals surface area contributed by atoms with Crippen molar-refractivity contribution in [2.45, 2.75) is 13.5 Å². The minimum absolute atomic E-state index is 0.0750. The highest BCUT2D eigenvalue weighted by atomic mass is 16.2. The van der Waals surface area contributed by atoms with E-state index in [-0.39, 0.29) is 12.5 Å². The monoisotopic (exact) mass is 293 g/mol. The van der Waals surface area contributed by atoms with E-state index in [1.807, 2.05) is 55.5 Å². The maximum Gasteiger partial charge on any atom is 0.261 e. The summed E-state index contributed by atoms with van der Waals surface area (Å²) in [6, 6.07) is 15.3. The number of benzene rings is 2. The van der Waals surface area contributed by atoms with Gasteiger partial charge in [-0.3, -0.25) is 4.79 Å². The first-order valence-electron chi connectivity index (χ1n) is 6.90. The summed E-state index contributed by atoms with van der Waals surface area (Å²) in [5, 5.41) is 12.0. The molecule has 0 spiro atoms. The van der Waals surface area contributed by atoms with Crippen molar-refractivity contribution in [1.82, 2.24) is 20.4 Å². The van der Waals surface area contributed by atoms with Crippen molar-refractivity contribution in [3.8, 4) is 0 Å². The van der Waals surface area contributed by atoms with Gasteiger partial charge in [0, 0.05) is 0 Å². The molecular weight excluding hydrogens is 278 g/mol. The van der Waals surface area contributed by atoms with E-state index in [2.05, 4.69) is 20.8 Å². The van der Waals surface area contributed by atoms with Gasteiger partial charge in [-0.2, -0.15) is 5.10 Å².